The first kappa shape index (κ1) is 17.7. The van der Waals surface area contributed by atoms with Crippen LogP contribution >= 0.6 is 11.8 Å². The third-order valence-electron chi connectivity index (χ3n) is 3.81. The van der Waals surface area contributed by atoms with Crippen molar-refractivity contribution in [2.45, 2.75) is 36.8 Å². The van der Waals surface area contributed by atoms with Crippen LogP contribution in [-0.4, -0.2) is 28.8 Å². The van der Waals surface area contributed by atoms with Crippen molar-refractivity contribution in [2.75, 3.05) is 11.1 Å². The van der Waals surface area contributed by atoms with Crippen LogP contribution in [0.2, 0.25) is 0 Å². The molecule has 0 aromatic carbocycles. The summed E-state index contributed by atoms with van der Waals surface area (Å²) in [6.07, 6.45) is 2.90. The van der Waals surface area contributed by atoms with Crippen LogP contribution in [-0.2, 0) is 0 Å². The first-order valence-electron chi connectivity index (χ1n) is 7.90. The molecule has 1 saturated carbocycles. The Morgan fingerprint density at radius 2 is 2.16 bits per heavy atom. The molecule has 8 heteroatoms. The van der Waals surface area contributed by atoms with Crippen molar-refractivity contribution >= 4 is 29.5 Å². The molecule has 2 aliphatic rings. The molecule has 0 spiro atoms. The molecule has 0 amide bonds. The third-order valence-corrected chi connectivity index (χ3v) is 4.72. The van der Waals surface area contributed by atoms with Gasteiger partial charge in [-0.3, -0.25) is 4.99 Å². The lowest BCUT2D eigenvalue weighted by molar-refractivity contribution is -0.0922. The van der Waals surface area contributed by atoms with Gasteiger partial charge in [-0.05, 0) is 42.2 Å². The fourth-order valence-corrected chi connectivity index (χ4v) is 3.13. The van der Waals surface area contributed by atoms with Crippen LogP contribution in [0, 0.1) is 5.41 Å². The van der Waals surface area contributed by atoms with Gasteiger partial charge in [-0.15, -0.1) is 11.8 Å². The highest BCUT2D eigenvalue weighted by atomic mass is 32.2. The van der Waals surface area contributed by atoms with Crippen LogP contribution < -0.4 is 5.32 Å². The summed E-state index contributed by atoms with van der Waals surface area (Å²) in [5.74, 6) is 2.12. The smallest absolute Gasteiger partial charge is 0.345 e. The number of alkyl halides is 3. The zero-order chi connectivity index (χ0) is 18.0. The molecule has 1 aliphatic heterocycles. The Morgan fingerprint density at radius 1 is 1.40 bits per heavy atom. The van der Waals surface area contributed by atoms with E-state index < -0.39 is 11.9 Å². The number of rotatable bonds is 5. The van der Waals surface area contributed by atoms with Crippen molar-refractivity contribution in [3.63, 3.8) is 0 Å². The molecule has 2 N–H and O–H groups in total. The first-order chi connectivity index (χ1) is 11.9. The normalized spacial score (nSPS) is 19.3. The number of hydrogen-bond donors (Lipinski definition) is 2. The minimum Gasteiger partial charge on any atom is -0.345 e. The van der Waals surface area contributed by atoms with Crippen LogP contribution in [0.1, 0.15) is 31.2 Å². The number of aromatic nitrogens is 1. The van der Waals surface area contributed by atoms with Crippen molar-refractivity contribution in [3.8, 4) is 0 Å². The lowest BCUT2D eigenvalue weighted by atomic mass is 10.1. The molecule has 132 valence electrons. The van der Waals surface area contributed by atoms with Crippen LogP contribution in [0.15, 0.2) is 45.7 Å². The number of anilines is 1. The quantitative estimate of drug-likeness (QED) is 0.728. The van der Waals surface area contributed by atoms with Crippen LogP contribution in [0.5, 0.6) is 0 Å². The predicted octanol–water partition coefficient (Wildman–Crippen LogP) is 4.92. The molecular weight excluding hydrogens is 349 g/mol. The lowest BCUT2D eigenvalue weighted by Gasteiger charge is -2.13. The Balaban J connectivity index is 1.77. The van der Waals surface area contributed by atoms with E-state index >= 15 is 0 Å². The molecule has 1 fully saturated rings. The van der Waals surface area contributed by atoms with Gasteiger partial charge in [0, 0.05) is 24.2 Å². The van der Waals surface area contributed by atoms with E-state index in [-0.39, 0.29) is 11.3 Å². The van der Waals surface area contributed by atoms with Gasteiger partial charge in [0.15, 0.2) is 0 Å². The van der Waals surface area contributed by atoms with Gasteiger partial charge in [-0.1, -0.05) is 6.92 Å². The predicted molar refractivity (Wildman–Crippen MR) is 94.7 cm³/mol. The van der Waals surface area contributed by atoms with E-state index in [1.165, 1.54) is 24.6 Å². The number of aliphatic imine (C=N–C) groups is 1. The topological polar surface area (TPSA) is 61.1 Å². The van der Waals surface area contributed by atoms with Crippen LogP contribution in [0.4, 0.5) is 19.0 Å². The standard InChI is InChI=1S/C17H17F3N4S/c1-2-25-14-5-11(10-3-4-10)7-23-16(14)24-9-12-8-22-15(6-13(12)21)17(18,19)20/h5-10,21H,2-4H2,1H3,(H,23,24)/b12-9-,21-13?. The monoisotopic (exact) mass is 366 g/mol. The number of allylic oxidation sites excluding steroid dienone is 3. The van der Waals surface area contributed by atoms with Crippen molar-refractivity contribution in [2.24, 2.45) is 4.99 Å². The fraction of sp³-hybridized carbons (Fsp3) is 0.353. The second kappa shape index (κ2) is 7.03. The van der Waals surface area contributed by atoms with Gasteiger partial charge in [0.2, 0.25) is 0 Å². The second-order valence-corrected chi connectivity index (χ2v) is 7.07. The highest BCUT2D eigenvalue weighted by Gasteiger charge is 2.35. The average Bonchev–Trinajstić information content (AvgIpc) is 3.39. The first-order valence-corrected chi connectivity index (χ1v) is 8.88. The number of nitrogens with one attached hydrogen (secondary N) is 2. The zero-order valence-electron chi connectivity index (χ0n) is 13.5. The Kier molecular flexibility index (Phi) is 4.99. The average molecular weight is 366 g/mol. The van der Waals surface area contributed by atoms with Crippen LogP contribution in [0.3, 0.4) is 0 Å². The molecule has 1 aromatic heterocycles. The molecule has 2 heterocycles. The lowest BCUT2D eigenvalue weighted by Crippen LogP contribution is -2.17. The zero-order valence-corrected chi connectivity index (χ0v) is 14.3. The largest absolute Gasteiger partial charge is 0.433 e. The molecule has 3 rings (SSSR count). The van der Waals surface area contributed by atoms with Gasteiger partial charge in [-0.25, -0.2) is 4.98 Å². The maximum atomic E-state index is 12.6. The summed E-state index contributed by atoms with van der Waals surface area (Å²) in [4.78, 5) is 8.82. The summed E-state index contributed by atoms with van der Waals surface area (Å²) in [6, 6.07) is 2.11. The molecule has 4 nitrogen and oxygen atoms in total. The van der Waals surface area contributed by atoms with Gasteiger partial charge in [0.05, 0.1) is 10.6 Å². The Labute approximate surface area is 147 Å². The molecule has 1 aromatic rings. The van der Waals surface area contributed by atoms with Crippen molar-refractivity contribution < 1.29 is 13.2 Å². The van der Waals surface area contributed by atoms with Gasteiger partial charge in [-0.2, -0.15) is 13.2 Å². The summed E-state index contributed by atoms with van der Waals surface area (Å²) >= 11 is 1.65. The summed E-state index contributed by atoms with van der Waals surface area (Å²) in [5.41, 5.74) is 0.185. The van der Waals surface area contributed by atoms with E-state index in [1.54, 1.807) is 11.8 Å². The summed E-state index contributed by atoms with van der Waals surface area (Å²) < 4.78 is 37.8. The van der Waals surface area contributed by atoms with E-state index in [0.29, 0.717) is 11.7 Å². The van der Waals surface area contributed by atoms with Gasteiger partial charge < -0.3 is 10.7 Å². The van der Waals surface area contributed by atoms with Crippen molar-refractivity contribution in [1.82, 2.24) is 4.98 Å². The maximum Gasteiger partial charge on any atom is 0.433 e. The summed E-state index contributed by atoms with van der Waals surface area (Å²) in [7, 11) is 0. The van der Waals surface area contributed by atoms with E-state index in [9.17, 15) is 13.2 Å². The Morgan fingerprint density at radius 3 is 2.76 bits per heavy atom. The summed E-state index contributed by atoms with van der Waals surface area (Å²) in [5, 5.41) is 10.8. The van der Waals surface area contributed by atoms with Crippen molar-refractivity contribution in [3.05, 3.63) is 41.4 Å². The molecule has 0 unspecified atom stereocenters. The van der Waals surface area contributed by atoms with Crippen molar-refractivity contribution in [1.29, 1.82) is 5.41 Å². The molecular formula is C17H17F3N4S. The third kappa shape index (κ3) is 4.31. The molecule has 0 bridgehead atoms. The minimum absolute atomic E-state index is 0.242. The van der Waals surface area contributed by atoms with E-state index in [4.69, 9.17) is 5.41 Å². The number of nitrogens with zero attached hydrogens (tertiary/aromatic N) is 2. The maximum absolute atomic E-state index is 12.6. The number of thioether (sulfide) groups is 1. The number of halogens is 3. The number of pyridine rings is 1. The minimum atomic E-state index is -4.55. The SMILES string of the molecule is CCSc1cc(C2CC2)cnc1N/C=C1/C=NC(C(F)(F)F)=CC1=N. The fourth-order valence-electron chi connectivity index (χ4n) is 2.36. The van der Waals surface area contributed by atoms with E-state index in [0.717, 1.165) is 22.9 Å². The second-order valence-electron chi connectivity index (χ2n) is 5.77. The number of hydrogen-bond acceptors (Lipinski definition) is 5. The van der Waals surface area contributed by atoms with Crippen LogP contribution in [0.25, 0.3) is 0 Å². The summed E-state index contributed by atoms with van der Waals surface area (Å²) in [6.45, 7) is 2.05. The molecule has 1 aliphatic carbocycles. The molecule has 0 saturated heterocycles. The Hall–Kier alpha value is -2.09. The van der Waals surface area contributed by atoms with Gasteiger partial charge >= 0.3 is 6.18 Å². The molecule has 0 radical (unpaired) electrons. The Bertz CT molecular complexity index is 777. The molecule has 25 heavy (non-hydrogen) atoms. The highest BCUT2D eigenvalue weighted by Crippen LogP contribution is 2.41. The van der Waals surface area contributed by atoms with E-state index in [2.05, 4.69) is 21.4 Å². The highest BCUT2D eigenvalue weighted by molar-refractivity contribution is 7.99. The molecule has 0 atom stereocenters. The van der Waals surface area contributed by atoms with Gasteiger partial charge in [0.25, 0.3) is 0 Å². The van der Waals surface area contributed by atoms with Gasteiger partial charge in [0.1, 0.15) is 11.5 Å². The van der Waals surface area contributed by atoms with E-state index in [1.807, 2.05) is 13.1 Å².